The normalized spacial score (nSPS) is 11.6. The van der Waals surface area contributed by atoms with E-state index >= 15 is 0 Å². The largest absolute Gasteiger partial charge is 0.309 e. The number of aromatic nitrogens is 4. The molecule has 0 atom stereocenters. The van der Waals surface area contributed by atoms with Gasteiger partial charge in [-0.2, -0.15) is 0 Å². The number of nitrogens with zero attached hydrogens (tertiary/aromatic N) is 4. The van der Waals surface area contributed by atoms with Crippen LogP contribution in [0.15, 0.2) is 200 Å². The molecule has 268 valence electrons. The first-order chi connectivity index (χ1) is 28.2. The van der Waals surface area contributed by atoms with Gasteiger partial charge in [0.05, 0.1) is 33.5 Å². The van der Waals surface area contributed by atoms with Crippen LogP contribution in [0.5, 0.6) is 0 Å². The Bertz CT molecular complexity index is 3230. The zero-order valence-corrected chi connectivity index (χ0v) is 31.3. The van der Waals surface area contributed by atoms with Gasteiger partial charge in [-0.15, -0.1) is 0 Å². The van der Waals surface area contributed by atoms with Gasteiger partial charge in [-0.3, -0.25) is 0 Å². The molecular weight excluding hydrogens is 693 g/mol. The van der Waals surface area contributed by atoms with E-state index in [1.54, 1.807) is 0 Å². The molecule has 0 unspecified atom stereocenters. The highest BCUT2D eigenvalue weighted by Crippen LogP contribution is 2.39. The van der Waals surface area contributed by atoms with Crippen molar-refractivity contribution in [2.75, 3.05) is 0 Å². The molecule has 0 aliphatic carbocycles. The second kappa shape index (κ2) is 13.3. The first-order valence-corrected chi connectivity index (χ1v) is 19.4. The molecule has 0 amide bonds. The minimum absolute atomic E-state index is 0.694. The fourth-order valence-electron chi connectivity index (χ4n) is 8.43. The summed E-state index contributed by atoms with van der Waals surface area (Å²) in [6.45, 7) is 2.13. The topological polar surface area (TPSA) is 35.6 Å². The lowest BCUT2D eigenvalue weighted by Crippen LogP contribution is -1.98. The predicted octanol–water partition coefficient (Wildman–Crippen LogP) is 13.6. The van der Waals surface area contributed by atoms with Crippen molar-refractivity contribution in [3.8, 4) is 56.4 Å². The monoisotopic (exact) mass is 728 g/mol. The van der Waals surface area contributed by atoms with Gasteiger partial charge in [-0.25, -0.2) is 9.97 Å². The van der Waals surface area contributed by atoms with Crippen molar-refractivity contribution in [3.05, 3.63) is 206 Å². The van der Waals surface area contributed by atoms with E-state index in [0.717, 1.165) is 44.8 Å². The van der Waals surface area contributed by atoms with Crippen molar-refractivity contribution in [2.24, 2.45) is 0 Å². The van der Waals surface area contributed by atoms with E-state index < -0.39 is 0 Å². The summed E-state index contributed by atoms with van der Waals surface area (Å²) in [4.78, 5) is 10.3. The third-order valence-electron chi connectivity index (χ3n) is 11.2. The molecule has 0 saturated heterocycles. The van der Waals surface area contributed by atoms with Gasteiger partial charge in [0.15, 0.2) is 5.82 Å². The van der Waals surface area contributed by atoms with Crippen molar-refractivity contribution >= 4 is 43.6 Å². The minimum Gasteiger partial charge on any atom is -0.309 e. The molecule has 11 aromatic rings. The average Bonchev–Trinajstić information content (AvgIpc) is 3.79. The second-order valence-electron chi connectivity index (χ2n) is 14.7. The molecule has 0 N–H and O–H groups in total. The number of fused-ring (bicyclic) bond motifs is 6. The van der Waals surface area contributed by atoms with Crippen LogP contribution < -0.4 is 0 Å². The Labute approximate surface area is 330 Å². The molecule has 3 heterocycles. The highest BCUT2D eigenvalue weighted by Gasteiger charge is 2.17. The van der Waals surface area contributed by atoms with Crippen LogP contribution in [-0.4, -0.2) is 19.1 Å². The van der Waals surface area contributed by atoms with Gasteiger partial charge in [-0.1, -0.05) is 139 Å². The van der Waals surface area contributed by atoms with E-state index in [1.807, 2.05) is 12.1 Å². The highest BCUT2D eigenvalue weighted by molar-refractivity contribution is 6.12. The van der Waals surface area contributed by atoms with Crippen molar-refractivity contribution < 1.29 is 0 Å². The van der Waals surface area contributed by atoms with Gasteiger partial charge >= 0.3 is 0 Å². The van der Waals surface area contributed by atoms with Crippen LogP contribution >= 0.6 is 0 Å². The molecule has 57 heavy (non-hydrogen) atoms. The average molecular weight is 729 g/mol. The number of rotatable bonds is 6. The lowest BCUT2D eigenvalue weighted by Gasteiger charge is -2.12. The Morgan fingerprint density at radius 2 is 0.789 bits per heavy atom. The van der Waals surface area contributed by atoms with Crippen LogP contribution in [-0.2, 0) is 0 Å². The van der Waals surface area contributed by atoms with Crippen molar-refractivity contribution in [1.29, 1.82) is 0 Å². The van der Waals surface area contributed by atoms with Crippen molar-refractivity contribution in [1.82, 2.24) is 19.1 Å². The first kappa shape index (κ1) is 32.8. The van der Waals surface area contributed by atoms with Crippen LogP contribution in [0.2, 0.25) is 0 Å². The Balaban J connectivity index is 1.04. The molecule has 0 aliphatic rings. The van der Waals surface area contributed by atoms with Gasteiger partial charge < -0.3 is 9.13 Å². The summed E-state index contributed by atoms with van der Waals surface area (Å²) in [7, 11) is 0. The number of hydrogen-bond donors (Lipinski definition) is 0. The molecule has 8 aromatic carbocycles. The van der Waals surface area contributed by atoms with Crippen LogP contribution in [0.25, 0.3) is 100 Å². The summed E-state index contributed by atoms with van der Waals surface area (Å²) in [5, 5.41) is 4.92. The van der Waals surface area contributed by atoms with E-state index in [9.17, 15) is 0 Å². The predicted molar refractivity (Wildman–Crippen MR) is 237 cm³/mol. The summed E-state index contributed by atoms with van der Waals surface area (Å²) in [5.74, 6) is 0.694. The molecule has 3 aromatic heterocycles. The third kappa shape index (κ3) is 5.61. The first-order valence-electron chi connectivity index (χ1n) is 19.4. The maximum absolute atomic E-state index is 5.13. The van der Waals surface area contributed by atoms with Gasteiger partial charge in [0.25, 0.3) is 0 Å². The maximum atomic E-state index is 5.13. The molecule has 4 heteroatoms. The second-order valence-corrected chi connectivity index (χ2v) is 14.7. The van der Waals surface area contributed by atoms with E-state index in [2.05, 4.69) is 204 Å². The van der Waals surface area contributed by atoms with Crippen LogP contribution in [0, 0.1) is 6.92 Å². The van der Waals surface area contributed by atoms with E-state index in [-0.39, 0.29) is 0 Å². The fourth-order valence-corrected chi connectivity index (χ4v) is 8.43. The molecule has 0 radical (unpaired) electrons. The molecular formula is C53H36N4. The Kier molecular flexibility index (Phi) is 7.68. The van der Waals surface area contributed by atoms with E-state index in [4.69, 9.17) is 9.97 Å². The standard InChI is InChI=1S/C53H36N4/c1-35-23-27-41(28-24-35)56-49-21-10-8-19-43(49)45-32-38(25-29-51(45)56)39-26-30-52-46(33-39)44-20-9-11-22-50(44)57(52)42-18-12-17-40(31-42)53-54-47(36-13-4-2-5-14-36)34-48(55-53)37-15-6-3-7-16-37/h2-34H,1H3. The molecule has 4 nitrogen and oxygen atoms in total. The summed E-state index contributed by atoms with van der Waals surface area (Å²) < 4.78 is 4.75. The summed E-state index contributed by atoms with van der Waals surface area (Å²) in [5.41, 5.74) is 15.5. The molecule has 0 bridgehead atoms. The molecule has 0 aliphatic heterocycles. The Morgan fingerprint density at radius 3 is 1.35 bits per heavy atom. The molecule has 0 fully saturated rings. The van der Waals surface area contributed by atoms with Gasteiger partial charge in [-0.05, 0) is 84.8 Å². The van der Waals surface area contributed by atoms with Crippen LogP contribution in [0.3, 0.4) is 0 Å². The lowest BCUT2D eigenvalue weighted by molar-refractivity contribution is 1.16. The zero-order valence-electron chi connectivity index (χ0n) is 31.3. The van der Waals surface area contributed by atoms with E-state index in [0.29, 0.717) is 5.82 Å². The number of aryl methyl sites for hydroxylation is 1. The van der Waals surface area contributed by atoms with Crippen LogP contribution in [0.4, 0.5) is 0 Å². The van der Waals surface area contributed by atoms with Gasteiger partial charge in [0.2, 0.25) is 0 Å². The van der Waals surface area contributed by atoms with Crippen molar-refractivity contribution in [2.45, 2.75) is 6.92 Å². The van der Waals surface area contributed by atoms with Crippen molar-refractivity contribution in [3.63, 3.8) is 0 Å². The molecule has 0 saturated carbocycles. The smallest absolute Gasteiger partial charge is 0.160 e. The quantitative estimate of drug-likeness (QED) is 0.171. The Hall–Kier alpha value is -7.56. The molecule has 0 spiro atoms. The third-order valence-corrected chi connectivity index (χ3v) is 11.2. The summed E-state index contributed by atoms with van der Waals surface area (Å²) in [6, 6.07) is 71.4. The number of para-hydroxylation sites is 2. The maximum Gasteiger partial charge on any atom is 0.160 e. The van der Waals surface area contributed by atoms with Gasteiger partial charge in [0, 0.05) is 49.6 Å². The Morgan fingerprint density at radius 1 is 0.316 bits per heavy atom. The minimum atomic E-state index is 0.694. The number of hydrogen-bond acceptors (Lipinski definition) is 2. The lowest BCUT2D eigenvalue weighted by atomic mass is 10.0. The highest BCUT2D eigenvalue weighted by atomic mass is 15.0. The van der Waals surface area contributed by atoms with Gasteiger partial charge in [0.1, 0.15) is 0 Å². The SMILES string of the molecule is Cc1ccc(-n2c3ccccc3c3cc(-c4ccc5c(c4)c4ccccc4n5-c4cccc(-c5nc(-c6ccccc6)cc(-c6ccccc6)n5)c4)ccc32)cc1. The number of benzene rings is 8. The zero-order chi connectivity index (χ0) is 37.9. The molecule has 11 rings (SSSR count). The fraction of sp³-hybridized carbons (Fsp3) is 0.0189. The van der Waals surface area contributed by atoms with E-state index in [1.165, 1.54) is 55.0 Å². The van der Waals surface area contributed by atoms with Crippen LogP contribution in [0.1, 0.15) is 5.56 Å². The summed E-state index contributed by atoms with van der Waals surface area (Å²) in [6.07, 6.45) is 0. The summed E-state index contributed by atoms with van der Waals surface area (Å²) >= 11 is 0.